The first kappa shape index (κ1) is 18.0. The van der Waals surface area contributed by atoms with Crippen molar-refractivity contribution in [2.75, 3.05) is 13.1 Å². The SMILES string of the molecule is CC(C)NC(=O)NC1CCN(S(=O)(=O)c2ccc(Cl)cc2)CC1. The molecule has 1 heterocycles. The van der Waals surface area contributed by atoms with Crippen molar-refractivity contribution >= 4 is 27.7 Å². The molecule has 1 aliphatic rings. The molecule has 0 saturated carbocycles. The van der Waals surface area contributed by atoms with Gasteiger partial charge in [0.05, 0.1) is 4.90 Å². The lowest BCUT2D eigenvalue weighted by atomic mass is 10.1. The summed E-state index contributed by atoms with van der Waals surface area (Å²) in [4.78, 5) is 11.9. The predicted octanol–water partition coefficient (Wildman–Crippen LogP) is 2.20. The van der Waals surface area contributed by atoms with Gasteiger partial charge in [-0.1, -0.05) is 11.6 Å². The molecular weight excluding hydrogens is 338 g/mol. The van der Waals surface area contributed by atoms with Gasteiger partial charge in [0.25, 0.3) is 0 Å². The molecule has 1 aromatic carbocycles. The number of halogens is 1. The van der Waals surface area contributed by atoms with Crippen LogP contribution in [-0.4, -0.2) is 43.9 Å². The van der Waals surface area contributed by atoms with Crippen molar-refractivity contribution in [2.24, 2.45) is 0 Å². The molecule has 2 rings (SSSR count). The number of rotatable bonds is 4. The summed E-state index contributed by atoms with van der Waals surface area (Å²) < 4.78 is 26.6. The molecule has 1 aliphatic heterocycles. The molecule has 6 nitrogen and oxygen atoms in total. The number of piperidine rings is 1. The summed E-state index contributed by atoms with van der Waals surface area (Å²) in [5.74, 6) is 0. The van der Waals surface area contributed by atoms with Gasteiger partial charge in [0.2, 0.25) is 10.0 Å². The Balaban J connectivity index is 1.93. The maximum absolute atomic E-state index is 12.6. The molecule has 0 unspecified atom stereocenters. The molecule has 1 saturated heterocycles. The van der Waals surface area contributed by atoms with Crippen LogP contribution in [0.1, 0.15) is 26.7 Å². The molecule has 0 bridgehead atoms. The van der Waals surface area contributed by atoms with Crippen molar-refractivity contribution in [1.82, 2.24) is 14.9 Å². The molecule has 8 heteroatoms. The van der Waals surface area contributed by atoms with Crippen LogP contribution >= 0.6 is 11.6 Å². The van der Waals surface area contributed by atoms with Gasteiger partial charge in [-0.3, -0.25) is 0 Å². The highest BCUT2D eigenvalue weighted by atomic mass is 35.5. The minimum Gasteiger partial charge on any atom is -0.336 e. The van der Waals surface area contributed by atoms with Gasteiger partial charge >= 0.3 is 6.03 Å². The predicted molar refractivity (Wildman–Crippen MR) is 90.0 cm³/mol. The number of amides is 2. The summed E-state index contributed by atoms with van der Waals surface area (Å²) in [6, 6.07) is 6.01. The Morgan fingerprint density at radius 3 is 2.30 bits per heavy atom. The summed E-state index contributed by atoms with van der Waals surface area (Å²) in [6.07, 6.45) is 1.19. The summed E-state index contributed by atoms with van der Waals surface area (Å²) >= 11 is 5.80. The van der Waals surface area contributed by atoms with Gasteiger partial charge in [-0.05, 0) is 51.0 Å². The van der Waals surface area contributed by atoms with E-state index in [1.807, 2.05) is 13.8 Å². The lowest BCUT2D eigenvalue weighted by Crippen LogP contribution is -2.50. The van der Waals surface area contributed by atoms with E-state index in [0.717, 1.165) is 0 Å². The Hall–Kier alpha value is -1.31. The maximum Gasteiger partial charge on any atom is 0.315 e. The van der Waals surface area contributed by atoms with Crippen molar-refractivity contribution in [2.45, 2.75) is 43.7 Å². The lowest BCUT2D eigenvalue weighted by Gasteiger charge is -2.31. The molecule has 0 aromatic heterocycles. The third-order valence-electron chi connectivity index (χ3n) is 3.66. The highest BCUT2D eigenvalue weighted by Gasteiger charge is 2.29. The molecule has 0 aliphatic carbocycles. The molecular formula is C15H22ClN3O3S. The molecule has 2 N–H and O–H groups in total. The molecule has 128 valence electrons. The van der Waals surface area contributed by atoms with E-state index in [9.17, 15) is 13.2 Å². The zero-order valence-corrected chi connectivity index (χ0v) is 14.8. The zero-order chi connectivity index (χ0) is 17.0. The monoisotopic (exact) mass is 359 g/mol. The second-order valence-electron chi connectivity index (χ2n) is 5.90. The van der Waals surface area contributed by atoms with E-state index in [2.05, 4.69) is 10.6 Å². The van der Waals surface area contributed by atoms with E-state index in [4.69, 9.17) is 11.6 Å². The van der Waals surface area contributed by atoms with Gasteiger partial charge in [0.1, 0.15) is 0 Å². The minimum absolute atomic E-state index is 0.00887. The van der Waals surface area contributed by atoms with E-state index in [-0.39, 0.29) is 23.0 Å². The van der Waals surface area contributed by atoms with E-state index < -0.39 is 10.0 Å². The quantitative estimate of drug-likeness (QED) is 0.865. The highest BCUT2D eigenvalue weighted by Crippen LogP contribution is 2.22. The summed E-state index contributed by atoms with van der Waals surface area (Å²) in [5, 5.41) is 6.15. The largest absolute Gasteiger partial charge is 0.336 e. The van der Waals surface area contributed by atoms with E-state index in [1.165, 1.54) is 16.4 Å². The molecule has 1 fully saturated rings. The van der Waals surface area contributed by atoms with Crippen LogP contribution in [-0.2, 0) is 10.0 Å². The van der Waals surface area contributed by atoms with Gasteiger partial charge in [-0.25, -0.2) is 13.2 Å². The van der Waals surface area contributed by atoms with Gasteiger partial charge in [-0.2, -0.15) is 4.31 Å². The number of hydrogen-bond donors (Lipinski definition) is 2. The van der Waals surface area contributed by atoms with Crippen LogP contribution < -0.4 is 10.6 Å². The topological polar surface area (TPSA) is 78.5 Å². The lowest BCUT2D eigenvalue weighted by molar-refractivity contribution is 0.225. The number of sulfonamides is 1. The van der Waals surface area contributed by atoms with Crippen LogP contribution in [0.25, 0.3) is 0 Å². The van der Waals surface area contributed by atoms with Crippen LogP contribution in [0.15, 0.2) is 29.2 Å². The summed E-state index contributed by atoms with van der Waals surface area (Å²) in [6.45, 7) is 4.55. The van der Waals surface area contributed by atoms with E-state index in [1.54, 1.807) is 12.1 Å². The Labute approximate surface area is 142 Å². The summed E-state index contributed by atoms with van der Waals surface area (Å²) in [5.41, 5.74) is 0. The van der Waals surface area contributed by atoms with Crippen LogP contribution in [0.4, 0.5) is 4.79 Å². The molecule has 0 spiro atoms. The molecule has 2 amide bonds. The average Bonchev–Trinajstić information content (AvgIpc) is 2.47. The Kier molecular flexibility index (Phi) is 5.89. The third kappa shape index (κ3) is 4.83. The average molecular weight is 360 g/mol. The Morgan fingerprint density at radius 1 is 1.22 bits per heavy atom. The van der Waals surface area contributed by atoms with Crippen molar-refractivity contribution in [3.63, 3.8) is 0 Å². The first-order valence-electron chi connectivity index (χ1n) is 7.62. The standard InChI is InChI=1S/C15H22ClN3O3S/c1-11(2)17-15(20)18-13-7-9-19(10-8-13)23(21,22)14-5-3-12(16)4-6-14/h3-6,11,13H,7-10H2,1-2H3,(H2,17,18,20). The Bertz CT molecular complexity index is 638. The second-order valence-corrected chi connectivity index (χ2v) is 8.28. The number of carbonyl (C=O) groups is 1. The Morgan fingerprint density at radius 2 is 1.78 bits per heavy atom. The molecule has 0 radical (unpaired) electrons. The van der Waals surface area contributed by atoms with Crippen LogP contribution in [0.3, 0.4) is 0 Å². The van der Waals surface area contributed by atoms with Gasteiger partial charge in [0.15, 0.2) is 0 Å². The van der Waals surface area contributed by atoms with Crippen molar-refractivity contribution in [3.8, 4) is 0 Å². The molecule has 1 aromatic rings. The van der Waals surface area contributed by atoms with E-state index in [0.29, 0.717) is 31.0 Å². The number of nitrogens with one attached hydrogen (secondary N) is 2. The smallest absolute Gasteiger partial charge is 0.315 e. The van der Waals surface area contributed by atoms with E-state index >= 15 is 0 Å². The number of urea groups is 1. The summed E-state index contributed by atoms with van der Waals surface area (Å²) in [7, 11) is -3.50. The van der Waals surface area contributed by atoms with Gasteiger partial charge < -0.3 is 10.6 Å². The molecule has 0 atom stereocenters. The molecule has 23 heavy (non-hydrogen) atoms. The fourth-order valence-electron chi connectivity index (χ4n) is 2.49. The second kappa shape index (κ2) is 7.51. The first-order chi connectivity index (χ1) is 10.8. The maximum atomic E-state index is 12.6. The van der Waals surface area contributed by atoms with Crippen LogP contribution in [0.5, 0.6) is 0 Å². The fourth-order valence-corrected chi connectivity index (χ4v) is 4.08. The number of carbonyl (C=O) groups excluding carboxylic acids is 1. The van der Waals surface area contributed by atoms with Crippen molar-refractivity contribution < 1.29 is 13.2 Å². The van der Waals surface area contributed by atoms with Crippen molar-refractivity contribution in [3.05, 3.63) is 29.3 Å². The number of benzene rings is 1. The zero-order valence-electron chi connectivity index (χ0n) is 13.3. The minimum atomic E-state index is -3.50. The van der Waals surface area contributed by atoms with Gasteiger partial charge in [-0.15, -0.1) is 0 Å². The number of hydrogen-bond acceptors (Lipinski definition) is 3. The van der Waals surface area contributed by atoms with Crippen LogP contribution in [0, 0.1) is 0 Å². The van der Waals surface area contributed by atoms with Crippen molar-refractivity contribution in [1.29, 1.82) is 0 Å². The van der Waals surface area contributed by atoms with Crippen LogP contribution in [0.2, 0.25) is 5.02 Å². The fraction of sp³-hybridized carbons (Fsp3) is 0.533. The first-order valence-corrected chi connectivity index (χ1v) is 9.43. The third-order valence-corrected chi connectivity index (χ3v) is 5.83. The van der Waals surface area contributed by atoms with Gasteiger partial charge in [0, 0.05) is 30.2 Å². The number of nitrogens with zero attached hydrogens (tertiary/aromatic N) is 1. The normalized spacial score (nSPS) is 17.2. The highest BCUT2D eigenvalue weighted by molar-refractivity contribution is 7.89.